The van der Waals surface area contributed by atoms with Crippen molar-refractivity contribution in [2.24, 2.45) is 0 Å². The van der Waals surface area contributed by atoms with Gasteiger partial charge in [-0.25, -0.2) is 9.37 Å². The SMILES string of the molecule is Cc1nc(C(=O)N2CCC[C@H]2c2nnc(-c3ccccc3OC(F)(F)F)o2)c(-c2cccc(F)c2)s1. The van der Waals surface area contributed by atoms with Crippen molar-refractivity contribution in [3.05, 3.63) is 70.9 Å². The Morgan fingerprint density at radius 3 is 2.75 bits per heavy atom. The number of nitrogens with zero attached hydrogens (tertiary/aromatic N) is 4. The minimum atomic E-state index is -4.89. The first kappa shape index (κ1) is 23.9. The Hall–Kier alpha value is -3.80. The Morgan fingerprint density at radius 2 is 1.97 bits per heavy atom. The van der Waals surface area contributed by atoms with Crippen molar-refractivity contribution in [2.75, 3.05) is 6.54 Å². The third-order valence-electron chi connectivity index (χ3n) is 5.61. The normalized spacial score (nSPS) is 15.9. The number of carbonyl (C=O) groups excluding carboxylic acids is 1. The summed E-state index contributed by atoms with van der Waals surface area (Å²) in [5, 5.41) is 8.58. The lowest BCUT2D eigenvalue weighted by Gasteiger charge is -2.21. The van der Waals surface area contributed by atoms with E-state index in [1.165, 1.54) is 41.7 Å². The molecular weight excluding hydrogens is 500 g/mol. The number of rotatable bonds is 5. The van der Waals surface area contributed by atoms with Gasteiger partial charge >= 0.3 is 6.36 Å². The number of alkyl halides is 3. The maximum atomic E-state index is 13.8. The van der Waals surface area contributed by atoms with Gasteiger partial charge in [-0.2, -0.15) is 0 Å². The number of hydrogen-bond donors (Lipinski definition) is 0. The fraction of sp³-hybridized carbons (Fsp3) is 0.250. The summed E-state index contributed by atoms with van der Waals surface area (Å²) in [6.07, 6.45) is -3.72. The molecule has 1 aliphatic heterocycles. The molecule has 1 saturated heterocycles. The average Bonchev–Trinajstić information content (AvgIpc) is 3.57. The maximum Gasteiger partial charge on any atom is 0.573 e. The molecule has 0 bridgehead atoms. The number of aryl methyl sites for hydroxylation is 1. The van der Waals surface area contributed by atoms with Crippen LogP contribution in [0.4, 0.5) is 17.6 Å². The molecule has 12 heteroatoms. The minimum Gasteiger partial charge on any atom is -0.418 e. The largest absolute Gasteiger partial charge is 0.573 e. The summed E-state index contributed by atoms with van der Waals surface area (Å²) in [5.41, 5.74) is 0.715. The van der Waals surface area contributed by atoms with E-state index in [0.29, 0.717) is 34.8 Å². The van der Waals surface area contributed by atoms with Crippen molar-refractivity contribution in [2.45, 2.75) is 32.2 Å². The van der Waals surface area contributed by atoms with Gasteiger partial charge in [0.1, 0.15) is 23.3 Å². The fourth-order valence-corrected chi connectivity index (χ4v) is 5.04. The molecule has 1 fully saturated rings. The number of para-hydroxylation sites is 1. The Labute approximate surface area is 206 Å². The Kier molecular flexibility index (Phi) is 6.20. The van der Waals surface area contributed by atoms with E-state index in [0.717, 1.165) is 6.07 Å². The lowest BCUT2D eigenvalue weighted by atomic mass is 10.1. The highest BCUT2D eigenvalue weighted by atomic mass is 32.1. The van der Waals surface area contributed by atoms with Gasteiger partial charge in [0.15, 0.2) is 0 Å². The first-order valence-corrected chi connectivity index (χ1v) is 11.7. The molecule has 0 spiro atoms. The predicted molar refractivity (Wildman–Crippen MR) is 122 cm³/mol. The van der Waals surface area contributed by atoms with Crippen LogP contribution in [0.25, 0.3) is 21.9 Å². The second-order valence-corrected chi connectivity index (χ2v) is 9.27. The van der Waals surface area contributed by atoms with Gasteiger partial charge < -0.3 is 14.1 Å². The standard InChI is InChI=1S/C24H18F4N4O3S/c1-13-29-19(20(36-13)14-6-4-7-15(25)12-14)23(33)32-11-5-9-17(32)22-31-30-21(34-22)16-8-2-3-10-18(16)35-24(26,27)28/h2-4,6-8,10,12,17H,5,9,11H2,1H3/t17-/m0/s1. The molecule has 1 amide bonds. The van der Waals surface area contributed by atoms with Crippen LogP contribution in [-0.4, -0.2) is 38.9 Å². The zero-order valence-corrected chi connectivity index (χ0v) is 19.6. The summed E-state index contributed by atoms with van der Waals surface area (Å²) in [7, 11) is 0. The lowest BCUT2D eigenvalue weighted by Crippen LogP contribution is -2.31. The lowest BCUT2D eigenvalue weighted by molar-refractivity contribution is -0.274. The van der Waals surface area contributed by atoms with Gasteiger partial charge in [-0.1, -0.05) is 24.3 Å². The van der Waals surface area contributed by atoms with E-state index in [-0.39, 0.29) is 28.9 Å². The predicted octanol–water partition coefficient (Wildman–Crippen LogP) is 6.18. The fourth-order valence-electron chi connectivity index (χ4n) is 4.14. The minimum absolute atomic E-state index is 0.0204. The number of thiazole rings is 1. The average molecular weight is 518 g/mol. The summed E-state index contributed by atoms with van der Waals surface area (Å²) < 4.78 is 62.1. The molecule has 4 aromatic rings. The van der Waals surface area contributed by atoms with Crippen molar-refractivity contribution in [1.29, 1.82) is 0 Å². The quantitative estimate of drug-likeness (QED) is 0.294. The monoisotopic (exact) mass is 518 g/mol. The van der Waals surface area contributed by atoms with Crippen LogP contribution in [0.5, 0.6) is 5.75 Å². The van der Waals surface area contributed by atoms with Crippen LogP contribution >= 0.6 is 11.3 Å². The van der Waals surface area contributed by atoms with Crippen molar-refractivity contribution < 1.29 is 31.5 Å². The van der Waals surface area contributed by atoms with Gasteiger partial charge in [-0.05, 0) is 49.6 Å². The number of aromatic nitrogens is 3. The van der Waals surface area contributed by atoms with Crippen LogP contribution in [0.2, 0.25) is 0 Å². The van der Waals surface area contributed by atoms with Crippen LogP contribution in [0.1, 0.15) is 40.3 Å². The number of likely N-dealkylation sites (tertiary alicyclic amines) is 1. The number of hydrogen-bond acceptors (Lipinski definition) is 7. The topological polar surface area (TPSA) is 81.4 Å². The molecule has 1 aliphatic rings. The molecule has 0 radical (unpaired) electrons. The summed E-state index contributed by atoms with van der Waals surface area (Å²) >= 11 is 1.29. The van der Waals surface area contributed by atoms with Gasteiger partial charge in [0.05, 0.1) is 15.4 Å². The molecule has 0 saturated carbocycles. The summed E-state index contributed by atoms with van der Waals surface area (Å²) in [6, 6.07) is 10.8. The van der Waals surface area contributed by atoms with Crippen molar-refractivity contribution in [3.8, 4) is 27.6 Å². The summed E-state index contributed by atoms with van der Waals surface area (Å²) in [5.74, 6) is -1.34. The van der Waals surface area contributed by atoms with Gasteiger partial charge in [0.25, 0.3) is 11.8 Å². The molecule has 3 heterocycles. The van der Waals surface area contributed by atoms with Crippen LogP contribution in [0.3, 0.4) is 0 Å². The van der Waals surface area contributed by atoms with Gasteiger partial charge in [0.2, 0.25) is 5.89 Å². The highest BCUT2D eigenvalue weighted by Gasteiger charge is 2.37. The summed E-state index contributed by atoms with van der Waals surface area (Å²) in [6.45, 7) is 2.16. The third-order valence-corrected chi connectivity index (χ3v) is 6.63. The Balaban J connectivity index is 1.44. The van der Waals surface area contributed by atoms with Crippen LogP contribution in [0.15, 0.2) is 52.9 Å². The second-order valence-electron chi connectivity index (χ2n) is 8.07. The molecule has 0 unspecified atom stereocenters. The molecule has 1 atom stereocenters. The molecule has 36 heavy (non-hydrogen) atoms. The second kappa shape index (κ2) is 9.34. The van der Waals surface area contributed by atoms with E-state index in [1.54, 1.807) is 24.0 Å². The van der Waals surface area contributed by atoms with Crippen molar-refractivity contribution in [1.82, 2.24) is 20.1 Å². The van der Waals surface area contributed by atoms with E-state index in [1.807, 2.05) is 0 Å². The van der Waals surface area contributed by atoms with E-state index in [4.69, 9.17) is 4.42 Å². The zero-order chi connectivity index (χ0) is 25.4. The van der Waals surface area contributed by atoms with Gasteiger partial charge in [-0.15, -0.1) is 34.7 Å². The third kappa shape index (κ3) is 4.81. The number of ether oxygens (including phenoxy) is 1. The van der Waals surface area contributed by atoms with Gasteiger partial charge in [0, 0.05) is 6.54 Å². The smallest absolute Gasteiger partial charge is 0.418 e. The summed E-state index contributed by atoms with van der Waals surface area (Å²) in [4.78, 5) is 20.1. The maximum absolute atomic E-state index is 13.8. The van der Waals surface area contributed by atoms with Crippen LogP contribution in [-0.2, 0) is 0 Å². The Bertz CT molecular complexity index is 1420. The van der Waals surface area contributed by atoms with E-state index >= 15 is 0 Å². The van der Waals surface area contributed by atoms with Crippen molar-refractivity contribution >= 4 is 17.2 Å². The number of halogens is 4. The van der Waals surface area contributed by atoms with E-state index < -0.39 is 24.0 Å². The molecule has 0 N–H and O–H groups in total. The van der Waals surface area contributed by atoms with E-state index in [9.17, 15) is 22.4 Å². The highest BCUT2D eigenvalue weighted by molar-refractivity contribution is 7.15. The van der Waals surface area contributed by atoms with Crippen LogP contribution < -0.4 is 4.74 Å². The molecule has 0 aliphatic carbocycles. The molecule has 2 aromatic heterocycles. The first-order valence-electron chi connectivity index (χ1n) is 10.9. The highest BCUT2D eigenvalue weighted by Crippen LogP contribution is 2.39. The zero-order valence-electron chi connectivity index (χ0n) is 18.8. The van der Waals surface area contributed by atoms with Crippen molar-refractivity contribution in [3.63, 3.8) is 0 Å². The number of benzene rings is 2. The molecule has 5 rings (SSSR count). The molecular formula is C24H18F4N4O3S. The van der Waals surface area contributed by atoms with E-state index in [2.05, 4.69) is 19.9 Å². The molecule has 186 valence electrons. The molecule has 7 nitrogen and oxygen atoms in total. The number of amides is 1. The number of carbonyl (C=O) groups is 1. The van der Waals surface area contributed by atoms with Gasteiger partial charge in [-0.3, -0.25) is 4.79 Å². The Morgan fingerprint density at radius 1 is 1.17 bits per heavy atom. The first-order chi connectivity index (χ1) is 17.2. The molecule has 2 aromatic carbocycles. The van der Waals surface area contributed by atoms with Crippen LogP contribution in [0, 0.1) is 12.7 Å².